The second-order valence-corrected chi connectivity index (χ2v) is 13.3. The predicted octanol–water partition coefficient (Wildman–Crippen LogP) is 1.72. The average molecular weight is 633 g/mol. The molecule has 2 unspecified atom stereocenters. The van der Waals surface area contributed by atoms with Crippen molar-refractivity contribution in [2.24, 2.45) is 11.8 Å². The number of morpholine rings is 1. The molecule has 242 valence electrons. The zero-order valence-electron chi connectivity index (χ0n) is 26.1. The van der Waals surface area contributed by atoms with Crippen LogP contribution in [0.1, 0.15) is 69.4 Å². The SMILES string of the molecule is CC(C)CC(NC(=O)c1cc(CN2CCOCC2)on1)C(=O)N[C@@H](Cc1cscn1)C(=O)NC(CC(C)C)C(=O)[C@@]1(C)CO1. The third-order valence-corrected chi connectivity index (χ3v) is 8.21. The van der Waals surface area contributed by atoms with Gasteiger partial charge in [-0.15, -0.1) is 11.3 Å². The number of epoxide rings is 1. The summed E-state index contributed by atoms with van der Waals surface area (Å²) >= 11 is 1.38. The maximum absolute atomic E-state index is 13.7. The average Bonchev–Trinajstić information content (AvgIpc) is 3.32. The molecule has 2 saturated heterocycles. The largest absolute Gasteiger partial charge is 0.379 e. The van der Waals surface area contributed by atoms with Crippen LogP contribution < -0.4 is 16.0 Å². The summed E-state index contributed by atoms with van der Waals surface area (Å²) < 4.78 is 16.1. The van der Waals surface area contributed by atoms with Crippen molar-refractivity contribution in [2.75, 3.05) is 32.9 Å². The lowest BCUT2D eigenvalue weighted by atomic mass is 9.93. The van der Waals surface area contributed by atoms with Crippen molar-refractivity contribution in [3.05, 3.63) is 34.1 Å². The highest BCUT2D eigenvalue weighted by Gasteiger charge is 2.50. The van der Waals surface area contributed by atoms with Crippen LogP contribution in [0.25, 0.3) is 0 Å². The molecule has 2 aromatic heterocycles. The number of Topliss-reactive ketones (excluding diaryl/α,β-unsaturated/α-hetero) is 1. The molecule has 4 heterocycles. The number of hydrogen-bond acceptors (Lipinski definition) is 11. The molecule has 13 nitrogen and oxygen atoms in total. The number of hydrogen-bond donors (Lipinski definition) is 3. The van der Waals surface area contributed by atoms with Crippen molar-refractivity contribution < 1.29 is 33.2 Å². The Hall–Kier alpha value is -3.20. The molecule has 2 aliphatic heterocycles. The van der Waals surface area contributed by atoms with Gasteiger partial charge in [0.1, 0.15) is 17.7 Å². The van der Waals surface area contributed by atoms with Gasteiger partial charge in [-0.25, -0.2) is 4.98 Å². The molecule has 4 atom stereocenters. The van der Waals surface area contributed by atoms with Gasteiger partial charge in [0, 0.05) is 31.0 Å². The number of amides is 3. The van der Waals surface area contributed by atoms with Crippen LogP contribution in [0.2, 0.25) is 0 Å². The van der Waals surface area contributed by atoms with Crippen LogP contribution >= 0.6 is 11.3 Å². The summed E-state index contributed by atoms with van der Waals surface area (Å²) in [6.45, 7) is 13.1. The summed E-state index contributed by atoms with van der Waals surface area (Å²) in [5.74, 6) is -1.05. The maximum Gasteiger partial charge on any atom is 0.274 e. The van der Waals surface area contributed by atoms with Gasteiger partial charge in [-0.3, -0.25) is 24.1 Å². The van der Waals surface area contributed by atoms with Gasteiger partial charge in [0.25, 0.3) is 5.91 Å². The van der Waals surface area contributed by atoms with Crippen molar-refractivity contribution in [3.63, 3.8) is 0 Å². The number of carbonyl (C=O) groups excluding carboxylic acids is 4. The topological polar surface area (TPSA) is 168 Å². The number of carbonyl (C=O) groups is 4. The third-order valence-electron chi connectivity index (χ3n) is 7.57. The summed E-state index contributed by atoms with van der Waals surface area (Å²) in [7, 11) is 0. The standard InChI is InChI=1S/C30H44N6O7S/c1-18(2)10-22(26(37)30(5)16-42-30)32-28(39)24(12-20-15-44-17-31-20)34-27(38)23(11-19(3)4)33-29(40)25-13-21(43-35-25)14-36-6-8-41-9-7-36/h13,15,17-19,22-24H,6-12,14,16H2,1-5H3,(H,32,39)(H,33,40)(H,34,38)/t22?,23?,24-,30+/m0/s1. The Kier molecular flexibility index (Phi) is 11.6. The Morgan fingerprint density at radius 1 is 0.977 bits per heavy atom. The van der Waals surface area contributed by atoms with E-state index in [2.05, 4.69) is 31.0 Å². The van der Waals surface area contributed by atoms with E-state index in [-0.39, 0.29) is 29.7 Å². The minimum Gasteiger partial charge on any atom is -0.379 e. The van der Waals surface area contributed by atoms with Crippen LogP contribution in [0.4, 0.5) is 0 Å². The summed E-state index contributed by atoms with van der Waals surface area (Å²) in [4.78, 5) is 60.0. The van der Waals surface area contributed by atoms with Crippen molar-refractivity contribution in [1.82, 2.24) is 31.0 Å². The van der Waals surface area contributed by atoms with Gasteiger partial charge in [-0.05, 0) is 31.6 Å². The van der Waals surface area contributed by atoms with Gasteiger partial charge < -0.3 is 29.9 Å². The number of thiazole rings is 1. The van der Waals surface area contributed by atoms with E-state index in [9.17, 15) is 19.2 Å². The first-order valence-electron chi connectivity index (χ1n) is 15.2. The van der Waals surface area contributed by atoms with Crippen LogP contribution in [0.15, 0.2) is 21.5 Å². The molecule has 44 heavy (non-hydrogen) atoms. The fourth-order valence-electron chi connectivity index (χ4n) is 5.03. The molecular weight excluding hydrogens is 588 g/mol. The van der Waals surface area contributed by atoms with Crippen molar-refractivity contribution in [1.29, 1.82) is 0 Å². The molecule has 2 fully saturated rings. The molecule has 0 aromatic carbocycles. The number of ketones is 1. The fourth-order valence-corrected chi connectivity index (χ4v) is 5.60. The molecular formula is C30H44N6O7S. The predicted molar refractivity (Wildman–Crippen MR) is 162 cm³/mol. The first-order chi connectivity index (χ1) is 20.9. The second-order valence-electron chi connectivity index (χ2n) is 12.5. The van der Waals surface area contributed by atoms with E-state index < -0.39 is 41.4 Å². The number of ether oxygens (including phenoxy) is 2. The quantitative estimate of drug-likeness (QED) is 0.232. The van der Waals surface area contributed by atoms with E-state index >= 15 is 0 Å². The van der Waals surface area contributed by atoms with Gasteiger partial charge in [-0.1, -0.05) is 32.9 Å². The van der Waals surface area contributed by atoms with Crippen LogP contribution in [0.5, 0.6) is 0 Å². The smallest absolute Gasteiger partial charge is 0.274 e. The van der Waals surface area contributed by atoms with Crippen molar-refractivity contribution in [2.45, 2.75) is 84.2 Å². The van der Waals surface area contributed by atoms with Crippen molar-refractivity contribution in [3.8, 4) is 0 Å². The molecule has 0 spiro atoms. The maximum atomic E-state index is 13.7. The van der Waals surface area contributed by atoms with Gasteiger partial charge in [0.05, 0.1) is 43.6 Å². The number of nitrogens with one attached hydrogen (secondary N) is 3. The first kappa shape index (κ1) is 33.7. The molecule has 0 radical (unpaired) electrons. The van der Waals surface area contributed by atoms with E-state index in [1.54, 1.807) is 23.9 Å². The minimum atomic E-state index is -1.03. The van der Waals surface area contributed by atoms with E-state index in [1.807, 2.05) is 27.7 Å². The third kappa shape index (κ3) is 9.65. The van der Waals surface area contributed by atoms with Crippen LogP contribution in [-0.4, -0.2) is 95.2 Å². The molecule has 0 saturated carbocycles. The van der Waals surface area contributed by atoms with Crippen molar-refractivity contribution >= 4 is 34.8 Å². The van der Waals surface area contributed by atoms with E-state index in [0.29, 0.717) is 50.7 Å². The van der Waals surface area contributed by atoms with E-state index in [4.69, 9.17) is 14.0 Å². The van der Waals surface area contributed by atoms with Crippen LogP contribution in [-0.2, 0) is 36.8 Å². The lowest BCUT2D eigenvalue weighted by Crippen LogP contribution is -2.57. The van der Waals surface area contributed by atoms with Gasteiger partial charge in [0.2, 0.25) is 11.8 Å². The summed E-state index contributed by atoms with van der Waals surface area (Å²) in [5.41, 5.74) is 1.43. The minimum absolute atomic E-state index is 0.0541. The fraction of sp³-hybridized carbons (Fsp3) is 0.667. The Bertz CT molecular complexity index is 1270. The highest BCUT2D eigenvalue weighted by Crippen LogP contribution is 2.29. The summed E-state index contributed by atoms with van der Waals surface area (Å²) in [5, 5.41) is 14.2. The summed E-state index contributed by atoms with van der Waals surface area (Å²) in [6, 6.07) is -1.17. The van der Waals surface area contributed by atoms with Gasteiger partial charge in [0.15, 0.2) is 17.2 Å². The number of rotatable bonds is 16. The Morgan fingerprint density at radius 2 is 1.61 bits per heavy atom. The highest BCUT2D eigenvalue weighted by atomic mass is 32.1. The Balaban J connectivity index is 1.45. The molecule has 0 aliphatic carbocycles. The number of aromatic nitrogens is 2. The zero-order chi connectivity index (χ0) is 31.9. The Labute approximate surface area is 261 Å². The van der Waals surface area contributed by atoms with Gasteiger partial charge >= 0.3 is 0 Å². The molecule has 14 heteroatoms. The van der Waals surface area contributed by atoms with E-state index in [0.717, 1.165) is 13.1 Å². The first-order valence-corrected chi connectivity index (χ1v) is 16.1. The van der Waals surface area contributed by atoms with Crippen LogP contribution in [0, 0.1) is 11.8 Å². The summed E-state index contributed by atoms with van der Waals surface area (Å²) in [6.07, 6.45) is 0.872. The molecule has 0 bridgehead atoms. The molecule has 3 amide bonds. The number of nitrogens with zero attached hydrogens (tertiary/aromatic N) is 3. The molecule has 2 aromatic rings. The second kappa shape index (κ2) is 15.2. The normalized spacial score (nSPS) is 20.6. The van der Waals surface area contributed by atoms with Crippen LogP contribution in [0.3, 0.4) is 0 Å². The molecule has 2 aliphatic rings. The zero-order valence-corrected chi connectivity index (χ0v) is 26.9. The highest BCUT2D eigenvalue weighted by molar-refractivity contribution is 7.07. The lowest BCUT2D eigenvalue weighted by Gasteiger charge is -2.26. The van der Waals surface area contributed by atoms with Gasteiger partial charge in [-0.2, -0.15) is 0 Å². The Morgan fingerprint density at radius 3 is 2.23 bits per heavy atom. The molecule has 3 N–H and O–H groups in total. The lowest BCUT2D eigenvalue weighted by molar-refractivity contribution is -0.133. The molecule has 4 rings (SSSR count). The monoisotopic (exact) mass is 632 g/mol. The van der Waals surface area contributed by atoms with E-state index in [1.165, 1.54) is 11.3 Å².